The predicted molar refractivity (Wildman–Crippen MR) is 103 cm³/mol. The highest BCUT2D eigenvalue weighted by atomic mass is 32.2. The van der Waals surface area contributed by atoms with Gasteiger partial charge in [0, 0.05) is 27.3 Å². The maximum absolute atomic E-state index is 12.4. The number of thioether (sulfide) groups is 1. The second-order valence-corrected chi connectivity index (χ2v) is 9.15. The Morgan fingerprint density at radius 3 is 2.31 bits per heavy atom. The van der Waals surface area contributed by atoms with Gasteiger partial charge in [0.2, 0.25) is 15.9 Å². The Bertz CT molecular complexity index is 838. The van der Waals surface area contributed by atoms with Gasteiger partial charge in [-0.1, -0.05) is 42.1 Å². The summed E-state index contributed by atoms with van der Waals surface area (Å²) in [5.41, 5.74) is 1.07. The number of hydrogen-bond donors (Lipinski definition) is 0. The monoisotopic (exact) mass is 393 g/mol. The lowest BCUT2D eigenvalue weighted by Gasteiger charge is -2.25. The first-order valence-electron chi connectivity index (χ1n) is 8.05. The van der Waals surface area contributed by atoms with E-state index in [1.165, 1.54) is 38.1 Å². The van der Waals surface area contributed by atoms with Crippen LogP contribution in [0.2, 0.25) is 0 Å². The van der Waals surface area contributed by atoms with Crippen molar-refractivity contribution < 1.29 is 13.2 Å². The standard InChI is InChI=1S/C18H23N3O3S2/c1-14(15-8-6-5-7-9-15)21(4)18(22)13-25-17-11-10-16(12-19-17)26(23,24)20(2)3/h5-12,14H,13H2,1-4H3/t14-/m1/s1. The SMILES string of the molecule is C[C@H](c1ccccc1)N(C)C(=O)CSc1ccc(S(=O)(=O)N(C)C)cn1. The number of rotatable bonds is 7. The van der Waals surface area contributed by atoms with E-state index in [0.29, 0.717) is 5.03 Å². The molecule has 0 saturated carbocycles. The number of aromatic nitrogens is 1. The lowest BCUT2D eigenvalue weighted by atomic mass is 10.1. The summed E-state index contributed by atoms with van der Waals surface area (Å²) in [6, 6.07) is 12.9. The van der Waals surface area contributed by atoms with Crippen LogP contribution in [0.3, 0.4) is 0 Å². The first-order valence-corrected chi connectivity index (χ1v) is 10.5. The largest absolute Gasteiger partial charge is 0.338 e. The minimum Gasteiger partial charge on any atom is -0.338 e. The third-order valence-corrected chi connectivity index (χ3v) is 6.81. The summed E-state index contributed by atoms with van der Waals surface area (Å²) in [6.45, 7) is 1.98. The van der Waals surface area contributed by atoms with Crippen LogP contribution in [0.25, 0.3) is 0 Å². The van der Waals surface area contributed by atoms with E-state index in [1.807, 2.05) is 37.3 Å². The zero-order valence-electron chi connectivity index (χ0n) is 15.3. The number of amides is 1. The highest BCUT2D eigenvalue weighted by Crippen LogP contribution is 2.22. The molecule has 0 aliphatic rings. The van der Waals surface area contributed by atoms with Crippen LogP contribution < -0.4 is 0 Å². The summed E-state index contributed by atoms with van der Waals surface area (Å²) in [4.78, 5) is 18.4. The summed E-state index contributed by atoms with van der Waals surface area (Å²) in [5.74, 6) is 0.221. The van der Waals surface area contributed by atoms with Crippen molar-refractivity contribution in [3.63, 3.8) is 0 Å². The van der Waals surface area contributed by atoms with Gasteiger partial charge in [0.25, 0.3) is 0 Å². The van der Waals surface area contributed by atoms with Crippen LogP contribution in [0.1, 0.15) is 18.5 Å². The molecule has 140 valence electrons. The maximum Gasteiger partial charge on any atom is 0.244 e. The number of carbonyl (C=O) groups is 1. The lowest BCUT2D eigenvalue weighted by molar-refractivity contribution is -0.128. The molecule has 1 aromatic carbocycles. The number of hydrogen-bond acceptors (Lipinski definition) is 5. The van der Waals surface area contributed by atoms with Crippen LogP contribution in [0.4, 0.5) is 0 Å². The average Bonchev–Trinajstić information content (AvgIpc) is 2.65. The van der Waals surface area contributed by atoms with Gasteiger partial charge in [0.05, 0.1) is 16.8 Å². The van der Waals surface area contributed by atoms with Crippen molar-refractivity contribution in [1.82, 2.24) is 14.2 Å². The zero-order chi connectivity index (χ0) is 19.3. The summed E-state index contributed by atoms with van der Waals surface area (Å²) < 4.78 is 25.2. The van der Waals surface area contributed by atoms with Gasteiger partial charge in [-0.25, -0.2) is 17.7 Å². The smallest absolute Gasteiger partial charge is 0.244 e. The highest BCUT2D eigenvalue weighted by molar-refractivity contribution is 7.99. The normalized spacial score (nSPS) is 12.8. The Balaban J connectivity index is 1.97. The Hall–Kier alpha value is -1.90. The van der Waals surface area contributed by atoms with E-state index < -0.39 is 10.0 Å². The van der Waals surface area contributed by atoms with E-state index in [-0.39, 0.29) is 22.6 Å². The number of benzene rings is 1. The molecule has 1 amide bonds. The van der Waals surface area contributed by atoms with E-state index >= 15 is 0 Å². The van der Waals surface area contributed by atoms with Crippen molar-refractivity contribution in [2.45, 2.75) is 22.9 Å². The van der Waals surface area contributed by atoms with Gasteiger partial charge in [-0.2, -0.15) is 0 Å². The van der Waals surface area contributed by atoms with E-state index in [9.17, 15) is 13.2 Å². The molecule has 0 bridgehead atoms. The average molecular weight is 394 g/mol. The van der Waals surface area contributed by atoms with Gasteiger partial charge >= 0.3 is 0 Å². The molecular formula is C18H23N3O3S2. The molecule has 26 heavy (non-hydrogen) atoms. The molecule has 1 aromatic heterocycles. The molecular weight excluding hydrogens is 370 g/mol. The van der Waals surface area contributed by atoms with Crippen LogP contribution in [0.15, 0.2) is 58.6 Å². The fourth-order valence-electron chi connectivity index (χ4n) is 2.22. The Morgan fingerprint density at radius 2 is 1.77 bits per heavy atom. The minimum absolute atomic E-state index is 0.0156. The topological polar surface area (TPSA) is 70.6 Å². The van der Waals surface area contributed by atoms with Crippen molar-refractivity contribution in [3.8, 4) is 0 Å². The number of carbonyl (C=O) groups excluding carboxylic acids is 1. The highest BCUT2D eigenvalue weighted by Gasteiger charge is 2.19. The van der Waals surface area contributed by atoms with Crippen LogP contribution in [-0.2, 0) is 14.8 Å². The Labute approximate surface area is 159 Å². The Morgan fingerprint density at radius 1 is 1.12 bits per heavy atom. The quantitative estimate of drug-likeness (QED) is 0.677. The summed E-state index contributed by atoms with van der Waals surface area (Å²) in [5, 5.41) is 0.608. The molecule has 6 nitrogen and oxygen atoms in total. The van der Waals surface area contributed by atoms with Crippen molar-refractivity contribution in [1.29, 1.82) is 0 Å². The van der Waals surface area contributed by atoms with Crippen molar-refractivity contribution in [2.24, 2.45) is 0 Å². The van der Waals surface area contributed by atoms with Crippen LogP contribution in [-0.4, -0.2) is 55.4 Å². The van der Waals surface area contributed by atoms with Crippen molar-refractivity contribution in [2.75, 3.05) is 26.9 Å². The molecule has 2 rings (SSSR count). The van der Waals surface area contributed by atoms with Gasteiger partial charge in [0.15, 0.2) is 0 Å². The minimum atomic E-state index is -3.49. The van der Waals surface area contributed by atoms with Gasteiger partial charge in [0.1, 0.15) is 4.90 Å². The molecule has 0 spiro atoms. The van der Waals surface area contributed by atoms with Crippen LogP contribution in [0, 0.1) is 0 Å². The summed E-state index contributed by atoms with van der Waals surface area (Å²) >= 11 is 1.29. The zero-order valence-corrected chi connectivity index (χ0v) is 16.9. The van der Waals surface area contributed by atoms with Crippen molar-refractivity contribution in [3.05, 3.63) is 54.2 Å². The maximum atomic E-state index is 12.4. The van der Waals surface area contributed by atoms with Gasteiger partial charge < -0.3 is 4.90 Å². The third-order valence-electron chi connectivity index (χ3n) is 4.09. The summed E-state index contributed by atoms with van der Waals surface area (Å²) in [7, 11) is 1.23. The van der Waals surface area contributed by atoms with Gasteiger partial charge in [-0.05, 0) is 24.6 Å². The fourth-order valence-corrected chi connectivity index (χ4v) is 3.84. The molecule has 2 aromatic rings. The number of pyridine rings is 1. The van der Waals surface area contributed by atoms with Crippen LogP contribution in [0.5, 0.6) is 0 Å². The molecule has 0 unspecified atom stereocenters. The molecule has 0 saturated heterocycles. The summed E-state index contributed by atoms with van der Waals surface area (Å²) in [6.07, 6.45) is 1.32. The molecule has 0 radical (unpaired) electrons. The molecule has 8 heteroatoms. The van der Waals surface area contributed by atoms with E-state index in [1.54, 1.807) is 18.0 Å². The first-order chi connectivity index (χ1) is 12.2. The molecule has 0 aliphatic heterocycles. The lowest BCUT2D eigenvalue weighted by Crippen LogP contribution is -2.31. The Kier molecular flexibility index (Phi) is 6.80. The van der Waals surface area contributed by atoms with E-state index in [4.69, 9.17) is 0 Å². The number of sulfonamides is 1. The van der Waals surface area contributed by atoms with Gasteiger partial charge in [-0.15, -0.1) is 0 Å². The van der Waals surface area contributed by atoms with Gasteiger partial charge in [-0.3, -0.25) is 4.79 Å². The molecule has 0 aliphatic carbocycles. The van der Waals surface area contributed by atoms with E-state index in [0.717, 1.165) is 9.87 Å². The molecule has 0 fully saturated rings. The first kappa shape index (κ1) is 20.4. The fraction of sp³-hybridized carbons (Fsp3) is 0.333. The van der Waals surface area contributed by atoms with Crippen molar-refractivity contribution >= 4 is 27.7 Å². The van der Waals surface area contributed by atoms with E-state index in [2.05, 4.69) is 4.98 Å². The molecule has 0 N–H and O–H groups in total. The van der Waals surface area contributed by atoms with Crippen LogP contribution >= 0.6 is 11.8 Å². The second kappa shape index (κ2) is 8.66. The predicted octanol–water partition coefficient (Wildman–Crippen LogP) is 2.64. The number of nitrogens with zero attached hydrogens (tertiary/aromatic N) is 3. The second-order valence-electron chi connectivity index (χ2n) is 6.00. The molecule has 1 atom stereocenters. The third kappa shape index (κ3) is 4.84. The molecule has 1 heterocycles.